The second kappa shape index (κ2) is 10.8. The molecule has 1 heterocycles. The molecule has 0 unspecified atom stereocenters. The molecule has 0 radical (unpaired) electrons. The van der Waals surface area contributed by atoms with E-state index in [1.165, 1.54) is 12.1 Å². The SMILES string of the molecule is CN(C)c1ccc(CNC(=O)CC[C@H]2CCCN(C(=O)Nc3cccc(F)c3)C2)cc1. The normalized spacial score (nSPS) is 16.0. The number of halogens is 1. The molecule has 31 heavy (non-hydrogen) atoms. The van der Waals surface area contributed by atoms with Crippen LogP contribution in [0.15, 0.2) is 48.5 Å². The van der Waals surface area contributed by atoms with Gasteiger partial charge in [-0.05, 0) is 61.1 Å². The van der Waals surface area contributed by atoms with Gasteiger partial charge in [0, 0.05) is 51.5 Å². The van der Waals surface area contributed by atoms with Crippen LogP contribution in [-0.4, -0.2) is 44.0 Å². The molecule has 0 bridgehead atoms. The van der Waals surface area contributed by atoms with Crippen LogP contribution in [0.3, 0.4) is 0 Å². The van der Waals surface area contributed by atoms with Crippen LogP contribution in [-0.2, 0) is 11.3 Å². The Morgan fingerprint density at radius 2 is 1.94 bits per heavy atom. The number of benzene rings is 2. The minimum Gasteiger partial charge on any atom is -0.378 e. The fourth-order valence-corrected chi connectivity index (χ4v) is 3.79. The van der Waals surface area contributed by atoms with Crippen LogP contribution >= 0.6 is 0 Å². The molecular weight excluding hydrogens is 395 g/mol. The van der Waals surface area contributed by atoms with Gasteiger partial charge in [0.25, 0.3) is 0 Å². The summed E-state index contributed by atoms with van der Waals surface area (Å²) in [5, 5.41) is 5.73. The molecule has 0 aromatic heterocycles. The average Bonchev–Trinajstić information content (AvgIpc) is 2.76. The van der Waals surface area contributed by atoms with E-state index in [9.17, 15) is 14.0 Å². The minimum atomic E-state index is -0.381. The van der Waals surface area contributed by atoms with E-state index in [0.29, 0.717) is 31.7 Å². The van der Waals surface area contributed by atoms with E-state index in [1.807, 2.05) is 43.3 Å². The third kappa shape index (κ3) is 6.98. The summed E-state index contributed by atoms with van der Waals surface area (Å²) in [6, 6.07) is 13.8. The number of urea groups is 1. The van der Waals surface area contributed by atoms with Crippen LogP contribution in [0.1, 0.15) is 31.2 Å². The first-order valence-electron chi connectivity index (χ1n) is 10.7. The van der Waals surface area contributed by atoms with E-state index in [0.717, 1.165) is 30.5 Å². The van der Waals surface area contributed by atoms with Gasteiger partial charge in [-0.3, -0.25) is 4.79 Å². The second-order valence-corrected chi connectivity index (χ2v) is 8.27. The Balaban J connectivity index is 1.40. The molecule has 7 heteroatoms. The van der Waals surface area contributed by atoms with Crippen LogP contribution in [0, 0.1) is 11.7 Å². The maximum atomic E-state index is 13.3. The third-order valence-corrected chi connectivity index (χ3v) is 5.60. The van der Waals surface area contributed by atoms with Gasteiger partial charge < -0.3 is 20.4 Å². The van der Waals surface area contributed by atoms with Gasteiger partial charge in [-0.2, -0.15) is 0 Å². The van der Waals surface area contributed by atoms with Crippen molar-refractivity contribution in [1.82, 2.24) is 10.2 Å². The lowest BCUT2D eigenvalue weighted by atomic mass is 9.93. The number of anilines is 2. The number of rotatable bonds is 7. The molecule has 6 nitrogen and oxygen atoms in total. The van der Waals surface area contributed by atoms with Gasteiger partial charge in [0.1, 0.15) is 5.82 Å². The fourth-order valence-electron chi connectivity index (χ4n) is 3.79. The molecule has 1 atom stereocenters. The molecule has 3 amide bonds. The Bertz CT molecular complexity index is 885. The lowest BCUT2D eigenvalue weighted by Crippen LogP contribution is -2.42. The minimum absolute atomic E-state index is 0.0259. The smallest absolute Gasteiger partial charge is 0.321 e. The molecule has 3 rings (SSSR count). The predicted octanol–water partition coefficient (Wildman–Crippen LogP) is 4.23. The summed E-state index contributed by atoms with van der Waals surface area (Å²) >= 11 is 0. The number of hydrogen-bond acceptors (Lipinski definition) is 3. The van der Waals surface area contributed by atoms with Crippen LogP contribution in [0.5, 0.6) is 0 Å². The predicted molar refractivity (Wildman–Crippen MR) is 122 cm³/mol. The van der Waals surface area contributed by atoms with Crippen LogP contribution in [0.25, 0.3) is 0 Å². The Labute approximate surface area is 183 Å². The van der Waals surface area contributed by atoms with Gasteiger partial charge in [0.2, 0.25) is 5.91 Å². The summed E-state index contributed by atoms with van der Waals surface area (Å²) in [6.45, 7) is 1.80. The highest BCUT2D eigenvalue weighted by Gasteiger charge is 2.24. The number of nitrogens with zero attached hydrogens (tertiary/aromatic N) is 2. The Hall–Kier alpha value is -3.09. The fraction of sp³-hybridized carbons (Fsp3) is 0.417. The monoisotopic (exact) mass is 426 g/mol. The van der Waals surface area contributed by atoms with Crippen molar-refractivity contribution >= 4 is 23.3 Å². The number of nitrogens with one attached hydrogen (secondary N) is 2. The molecule has 2 aromatic carbocycles. The zero-order valence-corrected chi connectivity index (χ0v) is 18.2. The molecule has 0 aliphatic carbocycles. The highest BCUT2D eigenvalue weighted by molar-refractivity contribution is 5.89. The summed E-state index contributed by atoms with van der Waals surface area (Å²) in [6.07, 6.45) is 3.10. The van der Waals surface area contributed by atoms with Crippen LogP contribution in [0.4, 0.5) is 20.6 Å². The first-order valence-corrected chi connectivity index (χ1v) is 10.7. The van der Waals surface area contributed by atoms with E-state index in [4.69, 9.17) is 0 Å². The van der Waals surface area contributed by atoms with E-state index >= 15 is 0 Å². The molecule has 2 N–H and O–H groups in total. The quantitative estimate of drug-likeness (QED) is 0.696. The topological polar surface area (TPSA) is 64.7 Å². The molecule has 1 fully saturated rings. The molecule has 1 aliphatic rings. The Kier molecular flexibility index (Phi) is 7.87. The van der Waals surface area contributed by atoms with E-state index in [-0.39, 0.29) is 23.7 Å². The van der Waals surface area contributed by atoms with Crippen molar-refractivity contribution in [3.63, 3.8) is 0 Å². The van der Waals surface area contributed by atoms with Crippen molar-refractivity contribution < 1.29 is 14.0 Å². The van der Waals surface area contributed by atoms with Gasteiger partial charge in [0.15, 0.2) is 0 Å². The van der Waals surface area contributed by atoms with Crippen molar-refractivity contribution in [3.8, 4) is 0 Å². The van der Waals surface area contributed by atoms with E-state index in [1.54, 1.807) is 17.0 Å². The number of carbonyl (C=O) groups is 2. The summed E-state index contributed by atoms with van der Waals surface area (Å²) in [7, 11) is 3.99. The highest BCUT2D eigenvalue weighted by atomic mass is 19.1. The summed E-state index contributed by atoms with van der Waals surface area (Å²) in [4.78, 5) is 28.6. The van der Waals surface area contributed by atoms with E-state index in [2.05, 4.69) is 10.6 Å². The Morgan fingerprint density at radius 3 is 2.65 bits per heavy atom. The molecule has 1 aliphatic heterocycles. The van der Waals surface area contributed by atoms with Crippen molar-refractivity contribution in [2.24, 2.45) is 5.92 Å². The van der Waals surface area contributed by atoms with Crippen LogP contribution < -0.4 is 15.5 Å². The highest BCUT2D eigenvalue weighted by Crippen LogP contribution is 2.22. The number of hydrogen-bond donors (Lipinski definition) is 2. The van der Waals surface area contributed by atoms with Gasteiger partial charge in [-0.25, -0.2) is 9.18 Å². The molecule has 166 valence electrons. The molecule has 0 saturated carbocycles. The lowest BCUT2D eigenvalue weighted by Gasteiger charge is -2.32. The van der Waals surface area contributed by atoms with Crippen molar-refractivity contribution in [2.45, 2.75) is 32.2 Å². The van der Waals surface area contributed by atoms with E-state index < -0.39 is 0 Å². The average molecular weight is 427 g/mol. The van der Waals surface area contributed by atoms with Gasteiger partial charge in [-0.15, -0.1) is 0 Å². The number of amides is 3. The molecular formula is C24H31FN4O2. The van der Waals surface area contributed by atoms with Crippen LogP contribution in [0.2, 0.25) is 0 Å². The molecule has 0 spiro atoms. The summed E-state index contributed by atoms with van der Waals surface area (Å²) in [5.41, 5.74) is 2.64. The zero-order valence-electron chi connectivity index (χ0n) is 18.2. The summed E-state index contributed by atoms with van der Waals surface area (Å²) < 4.78 is 13.3. The third-order valence-electron chi connectivity index (χ3n) is 5.60. The van der Waals surface area contributed by atoms with Gasteiger partial charge in [-0.1, -0.05) is 18.2 Å². The maximum Gasteiger partial charge on any atom is 0.321 e. The molecule has 2 aromatic rings. The summed E-state index contributed by atoms with van der Waals surface area (Å²) in [5.74, 6) is -0.0656. The standard InChI is InChI=1S/C24H31FN4O2/c1-28(2)22-11-8-18(9-12-22)16-26-23(30)13-10-19-5-4-14-29(17-19)24(31)27-21-7-3-6-20(25)15-21/h3,6-9,11-12,15,19H,4-5,10,13-14,16-17H2,1-2H3,(H,26,30)(H,27,31)/t19-/m1/s1. The maximum absolute atomic E-state index is 13.3. The largest absolute Gasteiger partial charge is 0.378 e. The van der Waals surface area contributed by atoms with Gasteiger partial charge in [0.05, 0.1) is 0 Å². The number of piperidine rings is 1. The second-order valence-electron chi connectivity index (χ2n) is 8.27. The lowest BCUT2D eigenvalue weighted by molar-refractivity contribution is -0.121. The van der Waals surface area contributed by atoms with Crippen molar-refractivity contribution in [2.75, 3.05) is 37.4 Å². The molecule has 1 saturated heterocycles. The van der Waals surface area contributed by atoms with Crippen molar-refractivity contribution in [1.29, 1.82) is 0 Å². The first-order chi connectivity index (χ1) is 14.9. The first kappa shape index (κ1) is 22.6. The number of likely N-dealkylation sites (tertiary alicyclic amines) is 1. The van der Waals surface area contributed by atoms with Gasteiger partial charge >= 0.3 is 6.03 Å². The zero-order chi connectivity index (χ0) is 22.2. The number of carbonyl (C=O) groups excluding carboxylic acids is 2. The Morgan fingerprint density at radius 1 is 1.16 bits per heavy atom. The van der Waals surface area contributed by atoms with Crippen molar-refractivity contribution in [3.05, 3.63) is 59.9 Å².